The van der Waals surface area contributed by atoms with Gasteiger partial charge in [0.1, 0.15) is 0 Å². The minimum atomic E-state index is 0.0370. The molecule has 0 N–H and O–H groups in total. The lowest BCUT2D eigenvalue weighted by Gasteiger charge is -1.85. The van der Waals surface area contributed by atoms with Gasteiger partial charge < -0.3 is 0 Å². The van der Waals surface area contributed by atoms with Crippen molar-refractivity contribution in [3.05, 3.63) is 21.3 Å². The second-order valence-corrected chi connectivity index (χ2v) is 2.98. The van der Waals surface area contributed by atoms with Gasteiger partial charge in [-0.1, -0.05) is 25.4 Å². The number of rotatable bonds is 1. The molecule has 0 aliphatic rings. The molecule has 1 heterocycles. The van der Waals surface area contributed by atoms with Gasteiger partial charge in [0.05, 0.1) is 9.90 Å². The third-order valence-electron chi connectivity index (χ3n) is 0.937. The number of hydrogen-bond donors (Lipinski definition) is 0. The molecule has 3 heteroatoms. The molecule has 1 rings (SSSR count). The maximum absolute atomic E-state index is 10.7. The zero-order chi connectivity index (χ0) is 8.85. The Morgan fingerprint density at radius 1 is 1.55 bits per heavy atom. The molecule has 1 nitrogen and oxygen atoms in total. The molecule has 1 aromatic rings. The predicted octanol–water partition coefficient (Wildman–Crippen LogP) is 3.63. The van der Waals surface area contributed by atoms with Crippen LogP contribution in [0.3, 0.4) is 0 Å². The minimum absolute atomic E-state index is 0.0370. The van der Waals surface area contributed by atoms with Crippen LogP contribution in [0.15, 0.2) is 11.4 Å². The van der Waals surface area contributed by atoms with Crippen molar-refractivity contribution in [2.45, 2.75) is 20.8 Å². The van der Waals surface area contributed by atoms with Crippen LogP contribution in [0.5, 0.6) is 0 Å². The average molecular weight is 191 g/mol. The van der Waals surface area contributed by atoms with Gasteiger partial charge in [0, 0.05) is 6.92 Å². The quantitative estimate of drug-likeness (QED) is 0.619. The van der Waals surface area contributed by atoms with Crippen LogP contribution in [0.25, 0.3) is 0 Å². The largest absolute Gasteiger partial charge is 0.294 e. The lowest BCUT2D eigenvalue weighted by molar-refractivity contribution is 0.102. The van der Waals surface area contributed by atoms with E-state index in [1.54, 1.807) is 11.4 Å². The van der Waals surface area contributed by atoms with Crippen LogP contribution >= 0.6 is 22.9 Å². The summed E-state index contributed by atoms with van der Waals surface area (Å²) < 4.78 is 0. The summed E-state index contributed by atoms with van der Waals surface area (Å²) in [6.07, 6.45) is 0. The van der Waals surface area contributed by atoms with Crippen LogP contribution in [-0.4, -0.2) is 5.78 Å². The lowest BCUT2D eigenvalue weighted by Crippen LogP contribution is -1.85. The Labute approximate surface area is 76.0 Å². The molecule has 0 saturated carbocycles. The zero-order valence-corrected chi connectivity index (χ0v) is 8.42. The van der Waals surface area contributed by atoms with Gasteiger partial charge in [-0.3, -0.25) is 4.79 Å². The Balaban J connectivity index is 0.000000461. The summed E-state index contributed by atoms with van der Waals surface area (Å²) in [6, 6.07) is 1.73. The molecule has 0 fully saturated rings. The van der Waals surface area contributed by atoms with E-state index in [4.69, 9.17) is 11.6 Å². The number of halogens is 1. The highest BCUT2D eigenvalue weighted by Crippen LogP contribution is 2.21. The molecular weight excluding hydrogens is 180 g/mol. The van der Waals surface area contributed by atoms with Crippen molar-refractivity contribution in [1.82, 2.24) is 0 Å². The fourth-order valence-corrected chi connectivity index (χ4v) is 1.64. The standard InChI is InChI=1S/C6H5ClOS.C2H6/c1-4(8)6-5(7)2-3-9-6;1-2/h2-3H,1H3;1-2H3. The molecule has 0 saturated heterocycles. The topological polar surface area (TPSA) is 17.1 Å². The molecular formula is C8H11ClOS. The van der Waals surface area contributed by atoms with Crippen molar-refractivity contribution in [2.24, 2.45) is 0 Å². The molecule has 62 valence electrons. The fraction of sp³-hybridized carbons (Fsp3) is 0.375. The highest BCUT2D eigenvalue weighted by Gasteiger charge is 2.04. The molecule has 0 unspecified atom stereocenters. The first kappa shape index (κ1) is 10.7. The van der Waals surface area contributed by atoms with Gasteiger partial charge >= 0.3 is 0 Å². The van der Waals surface area contributed by atoms with Crippen molar-refractivity contribution in [3.8, 4) is 0 Å². The Morgan fingerprint density at radius 3 is 2.27 bits per heavy atom. The summed E-state index contributed by atoms with van der Waals surface area (Å²) in [5.74, 6) is 0.0370. The molecule has 0 bridgehead atoms. The number of carbonyl (C=O) groups is 1. The van der Waals surface area contributed by atoms with Crippen molar-refractivity contribution >= 4 is 28.7 Å². The molecule has 1 aromatic heterocycles. The van der Waals surface area contributed by atoms with Gasteiger partial charge in [0.2, 0.25) is 0 Å². The summed E-state index contributed by atoms with van der Waals surface area (Å²) in [5.41, 5.74) is 0. The first-order chi connectivity index (χ1) is 5.22. The second kappa shape index (κ2) is 5.33. The molecule has 0 aliphatic carbocycles. The third-order valence-corrected chi connectivity index (χ3v) is 2.38. The Hall–Kier alpha value is -0.340. The molecule has 0 amide bonds. The van der Waals surface area contributed by atoms with E-state index in [1.807, 2.05) is 13.8 Å². The average Bonchev–Trinajstić information content (AvgIpc) is 2.39. The van der Waals surface area contributed by atoms with Gasteiger partial charge in [-0.05, 0) is 11.4 Å². The summed E-state index contributed by atoms with van der Waals surface area (Å²) in [4.78, 5) is 11.3. The van der Waals surface area contributed by atoms with Crippen LogP contribution in [0.1, 0.15) is 30.4 Å². The SMILES string of the molecule is CC.CC(=O)c1sccc1Cl. The van der Waals surface area contributed by atoms with Gasteiger partial charge in [0.25, 0.3) is 0 Å². The van der Waals surface area contributed by atoms with Crippen molar-refractivity contribution in [3.63, 3.8) is 0 Å². The van der Waals surface area contributed by atoms with E-state index in [-0.39, 0.29) is 5.78 Å². The van der Waals surface area contributed by atoms with E-state index in [0.717, 1.165) is 0 Å². The predicted molar refractivity (Wildman–Crippen MR) is 50.7 cm³/mol. The molecule has 0 spiro atoms. The van der Waals surface area contributed by atoms with Crippen LogP contribution in [0.2, 0.25) is 5.02 Å². The van der Waals surface area contributed by atoms with Crippen LogP contribution in [0.4, 0.5) is 0 Å². The van der Waals surface area contributed by atoms with Gasteiger partial charge in [-0.25, -0.2) is 0 Å². The van der Waals surface area contributed by atoms with Gasteiger partial charge in [-0.2, -0.15) is 0 Å². The first-order valence-electron chi connectivity index (χ1n) is 3.45. The van der Waals surface area contributed by atoms with Crippen LogP contribution in [0, 0.1) is 0 Å². The monoisotopic (exact) mass is 190 g/mol. The number of thiophene rings is 1. The van der Waals surface area contributed by atoms with Crippen molar-refractivity contribution in [2.75, 3.05) is 0 Å². The van der Waals surface area contributed by atoms with E-state index >= 15 is 0 Å². The van der Waals surface area contributed by atoms with E-state index in [0.29, 0.717) is 9.90 Å². The summed E-state index contributed by atoms with van der Waals surface area (Å²) in [7, 11) is 0. The summed E-state index contributed by atoms with van der Waals surface area (Å²) >= 11 is 7.00. The Morgan fingerprint density at radius 2 is 2.09 bits per heavy atom. The van der Waals surface area contributed by atoms with Crippen LogP contribution < -0.4 is 0 Å². The fourth-order valence-electron chi connectivity index (χ4n) is 0.545. The maximum Gasteiger partial charge on any atom is 0.171 e. The first-order valence-corrected chi connectivity index (χ1v) is 4.71. The number of ketones is 1. The smallest absolute Gasteiger partial charge is 0.171 e. The highest BCUT2D eigenvalue weighted by atomic mass is 35.5. The van der Waals surface area contributed by atoms with E-state index in [1.165, 1.54) is 18.3 Å². The number of Topliss-reactive ketones (excluding diaryl/α,β-unsaturated/α-hetero) is 1. The molecule has 0 radical (unpaired) electrons. The van der Waals surface area contributed by atoms with E-state index < -0.39 is 0 Å². The third kappa shape index (κ3) is 3.04. The zero-order valence-electron chi connectivity index (χ0n) is 6.85. The summed E-state index contributed by atoms with van der Waals surface area (Å²) in [6.45, 7) is 5.51. The highest BCUT2D eigenvalue weighted by molar-refractivity contribution is 7.12. The van der Waals surface area contributed by atoms with Crippen molar-refractivity contribution < 1.29 is 4.79 Å². The van der Waals surface area contributed by atoms with Crippen LogP contribution in [-0.2, 0) is 0 Å². The Bertz CT molecular complexity index is 230. The Kier molecular flexibility index (Phi) is 5.16. The lowest BCUT2D eigenvalue weighted by atomic mass is 10.4. The van der Waals surface area contributed by atoms with Gasteiger partial charge in [0.15, 0.2) is 5.78 Å². The second-order valence-electron chi connectivity index (χ2n) is 1.65. The maximum atomic E-state index is 10.7. The van der Waals surface area contributed by atoms with E-state index in [2.05, 4.69) is 0 Å². The molecule has 0 aromatic carbocycles. The van der Waals surface area contributed by atoms with E-state index in [9.17, 15) is 4.79 Å². The molecule has 11 heavy (non-hydrogen) atoms. The normalized spacial score (nSPS) is 8.36. The number of hydrogen-bond acceptors (Lipinski definition) is 2. The minimum Gasteiger partial charge on any atom is -0.294 e. The van der Waals surface area contributed by atoms with Crippen molar-refractivity contribution in [1.29, 1.82) is 0 Å². The molecule has 0 aliphatic heterocycles. The molecule has 0 atom stereocenters. The van der Waals surface area contributed by atoms with Gasteiger partial charge in [-0.15, -0.1) is 11.3 Å². The summed E-state index contributed by atoms with van der Waals surface area (Å²) in [5, 5.41) is 2.37. The number of carbonyl (C=O) groups excluding carboxylic acids is 1.